The van der Waals surface area contributed by atoms with Gasteiger partial charge in [0.25, 0.3) is 0 Å². The Morgan fingerprint density at radius 3 is 2.53 bits per heavy atom. The van der Waals surface area contributed by atoms with Crippen molar-refractivity contribution in [2.75, 3.05) is 82.4 Å². The number of anilines is 5. The van der Waals surface area contributed by atoms with Gasteiger partial charge < -0.3 is 24.8 Å². The summed E-state index contributed by atoms with van der Waals surface area (Å²) < 4.78 is 32.5. The Labute approximate surface area is 283 Å². The maximum absolute atomic E-state index is 13.4. The molecule has 2 saturated heterocycles. The molecule has 2 N–H and O–H groups in total. The first-order valence-electron chi connectivity index (χ1n) is 15.9. The third-order valence-electron chi connectivity index (χ3n) is 9.20. The van der Waals surface area contributed by atoms with E-state index in [1.54, 1.807) is 39.0 Å². The van der Waals surface area contributed by atoms with Crippen LogP contribution in [0.4, 0.5) is 33.2 Å². The maximum atomic E-state index is 13.4. The second-order valence-corrected chi connectivity index (χ2v) is 16.7. The number of fused-ring (bicyclic) bond motifs is 1. The standard InChI is InChI=1S/C33H42BrFN9O2P/c1-21-16-27(29(46-3)17-28(21)42(2)22-8-13-44(14-9-22)23-19-43(20-23)15-10-35)40-33-38-18-24(34)32(41-33)39-26-7-6-25-30(37-12-11-36-25)31(26)47(4,5)45/h6-7,11-12,16-18,22-23H,8-10,13-15,19-20H2,1-5H3,(H2,38,39,40,41). The highest BCUT2D eigenvalue weighted by Gasteiger charge is 2.34. The first-order chi connectivity index (χ1) is 22.5. The van der Waals surface area contributed by atoms with E-state index in [0.717, 1.165) is 56.0 Å². The number of nitrogens with zero attached hydrogens (tertiary/aromatic N) is 7. The van der Waals surface area contributed by atoms with Crippen molar-refractivity contribution >= 4 is 68.2 Å². The van der Waals surface area contributed by atoms with Crippen LogP contribution in [0, 0.1) is 6.92 Å². The molecule has 2 fully saturated rings. The van der Waals surface area contributed by atoms with Crippen LogP contribution in [-0.2, 0) is 4.57 Å². The van der Waals surface area contributed by atoms with Gasteiger partial charge in [0, 0.05) is 82.2 Å². The molecule has 2 aromatic heterocycles. The number of benzene rings is 2. The number of ether oxygens (including phenoxy) is 1. The number of piperidine rings is 1. The lowest BCUT2D eigenvalue weighted by atomic mass is 9.98. The number of alkyl halides is 1. The van der Waals surface area contributed by atoms with Crippen molar-refractivity contribution in [3.63, 3.8) is 0 Å². The summed E-state index contributed by atoms with van der Waals surface area (Å²) in [5.41, 5.74) is 4.91. The fourth-order valence-electron chi connectivity index (χ4n) is 6.67. The summed E-state index contributed by atoms with van der Waals surface area (Å²) in [5, 5.41) is 7.32. The van der Waals surface area contributed by atoms with Gasteiger partial charge in [-0.3, -0.25) is 19.8 Å². The summed E-state index contributed by atoms with van der Waals surface area (Å²) in [4.78, 5) is 25.3. The summed E-state index contributed by atoms with van der Waals surface area (Å²) in [6, 6.07) is 8.83. The summed E-state index contributed by atoms with van der Waals surface area (Å²) in [5.74, 6) is 1.57. The van der Waals surface area contributed by atoms with E-state index in [4.69, 9.17) is 9.72 Å². The minimum Gasteiger partial charge on any atom is -0.494 e. The molecule has 250 valence electrons. The Balaban J connectivity index is 1.18. The van der Waals surface area contributed by atoms with Gasteiger partial charge in [-0.15, -0.1) is 0 Å². The van der Waals surface area contributed by atoms with Crippen LogP contribution in [-0.4, -0.2) is 109 Å². The van der Waals surface area contributed by atoms with E-state index in [1.807, 2.05) is 12.1 Å². The molecule has 0 amide bonds. The molecule has 4 aromatic rings. The van der Waals surface area contributed by atoms with Crippen LogP contribution < -0.4 is 25.6 Å². The van der Waals surface area contributed by atoms with E-state index in [1.165, 1.54) is 0 Å². The largest absolute Gasteiger partial charge is 0.494 e. The Kier molecular flexibility index (Phi) is 9.98. The fourth-order valence-corrected chi connectivity index (χ4v) is 8.35. The number of methoxy groups -OCH3 is 1. The zero-order valence-corrected chi connectivity index (χ0v) is 30.0. The van der Waals surface area contributed by atoms with Gasteiger partial charge in [-0.05, 0) is 72.8 Å². The number of likely N-dealkylation sites (tertiary alicyclic amines) is 2. The van der Waals surface area contributed by atoms with E-state index in [9.17, 15) is 8.96 Å². The number of nitrogens with one attached hydrogen (secondary N) is 2. The number of hydrogen-bond acceptors (Lipinski definition) is 11. The van der Waals surface area contributed by atoms with Gasteiger partial charge in [0.15, 0.2) is 0 Å². The van der Waals surface area contributed by atoms with Gasteiger partial charge in [-0.2, -0.15) is 4.98 Å². The normalized spacial score (nSPS) is 16.7. The zero-order valence-electron chi connectivity index (χ0n) is 27.5. The average molecular weight is 727 g/mol. The summed E-state index contributed by atoms with van der Waals surface area (Å²) in [6.45, 7) is 9.91. The molecule has 0 radical (unpaired) electrons. The van der Waals surface area contributed by atoms with Crippen molar-refractivity contribution in [3.8, 4) is 5.75 Å². The average Bonchev–Trinajstić information content (AvgIpc) is 3.03. The summed E-state index contributed by atoms with van der Waals surface area (Å²) in [6.07, 6.45) is 7.07. The molecule has 11 nitrogen and oxygen atoms in total. The van der Waals surface area contributed by atoms with Crippen molar-refractivity contribution in [3.05, 3.63) is 52.9 Å². The number of rotatable bonds is 11. The van der Waals surface area contributed by atoms with Crippen molar-refractivity contribution in [2.45, 2.75) is 31.8 Å². The SMILES string of the molecule is COc1cc(N(C)C2CCN(C3CN(CCF)C3)CC2)c(C)cc1Nc1ncc(Br)c(Nc2ccc3nccnc3c2P(C)(C)=O)n1. The molecule has 0 aliphatic carbocycles. The fraction of sp³-hybridized carbons (Fsp3) is 0.455. The highest BCUT2D eigenvalue weighted by atomic mass is 79.9. The van der Waals surface area contributed by atoms with Gasteiger partial charge in [-0.1, -0.05) is 0 Å². The van der Waals surface area contributed by atoms with Crippen LogP contribution >= 0.6 is 23.1 Å². The molecular weight excluding hydrogens is 684 g/mol. The van der Waals surface area contributed by atoms with Gasteiger partial charge in [0.2, 0.25) is 5.95 Å². The molecule has 4 heterocycles. The molecule has 0 spiro atoms. The first-order valence-corrected chi connectivity index (χ1v) is 19.2. The van der Waals surface area contributed by atoms with Crippen molar-refractivity contribution in [2.24, 2.45) is 0 Å². The quantitative estimate of drug-likeness (QED) is 0.183. The molecule has 47 heavy (non-hydrogen) atoms. The Bertz CT molecular complexity index is 1790. The summed E-state index contributed by atoms with van der Waals surface area (Å²) >= 11 is 3.57. The van der Waals surface area contributed by atoms with Crippen molar-refractivity contribution in [1.29, 1.82) is 0 Å². The Morgan fingerprint density at radius 2 is 1.83 bits per heavy atom. The van der Waals surface area contributed by atoms with E-state index in [0.29, 0.717) is 62.6 Å². The predicted molar refractivity (Wildman–Crippen MR) is 192 cm³/mol. The predicted octanol–water partition coefficient (Wildman–Crippen LogP) is 5.79. The molecule has 2 aromatic carbocycles. The molecule has 0 unspecified atom stereocenters. The third-order valence-corrected chi connectivity index (χ3v) is 11.3. The zero-order chi connectivity index (χ0) is 33.3. The number of aryl methyl sites for hydroxylation is 1. The highest BCUT2D eigenvalue weighted by molar-refractivity contribution is 9.10. The van der Waals surface area contributed by atoms with Gasteiger partial charge in [0.05, 0.1) is 33.8 Å². The minimum absolute atomic E-state index is 0.267. The van der Waals surface area contributed by atoms with Crippen LogP contribution in [0.15, 0.2) is 47.3 Å². The second-order valence-electron chi connectivity index (χ2n) is 12.7. The minimum atomic E-state index is -2.75. The van der Waals surface area contributed by atoms with Crippen LogP contribution in [0.25, 0.3) is 11.0 Å². The van der Waals surface area contributed by atoms with E-state index < -0.39 is 7.14 Å². The van der Waals surface area contributed by atoms with Crippen LogP contribution in [0.2, 0.25) is 0 Å². The van der Waals surface area contributed by atoms with Crippen LogP contribution in [0.3, 0.4) is 0 Å². The Morgan fingerprint density at radius 1 is 1.09 bits per heavy atom. The highest BCUT2D eigenvalue weighted by Crippen LogP contribution is 2.42. The number of aromatic nitrogens is 4. The van der Waals surface area contributed by atoms with Gasteiger partial charge in [0.1, 0.15) is 30.9 Å². The lowest BCUT2D eigenvalue weighted by Gasteiger charge is -2.48. The Hall–Kier alpha value is -3.38. The lowest BCUT2D eigenvalue weighted by molar-refractivity contribution is 0.0177. The number of halogens is 2. The van der Waals surface area contributed by atoms with Crippen molar-refractivity contribution < 1.29 is 13.7 Å². The molecule has 6 rings (SSSR count). The first kappa shape index (κ1) is 33.5. The number of hydrogen-bond donors (Lipinski definition) is 2. The van der Waals surface area contributed by atoms with Gasteiger partial charge >= 0.3 is 0 Å². The topological polar surface area (TPSA) is 112 Å². The lowest BCUT2D eigenvalue weighted by Crippen LogP contribution is -2.61. The molecule has 2 aliphatic heterocycles. The van der Waals surface area contributed by atoms with E-state index in [-0.39, 0.29) is 6.67 Å². The van der Waals surface area contributed by atoms with Crippen molar-refractivity contribution in [1.82, 2.24) is 29.7 Å². The van der Waals surface area contributed by atoms with Crippen LogP contribution in [0.5, 0.6) is 5.75 Å². The smallest absolute Gasteiger partial charge is 0.229 e. The van der Waals surface area contributed by atoms with E-state index in [2.05, 4.69) is 82.3 Å². The third kappa shape index (κ3) is 7.23. The van der Waals surface area contributed by atoms with Gasteiger partial charge in [-0.25, -0.2) is 9.37 Å². The molecule has 0 atom stereocenters. The van der Waals surface area contributed by atoms with Crippen LogP contribution in [0.1, 0.15) is 18.4 Å². The molecular formula is C33H42BrFN9O2P. The molecule has 2 aliphatic rings. The monoisotopic (exact) mass is 725 g/mol. The summed E-state index contributed by atoms with van der Waals surface area (Å²) in [7, 11) is 1.08. The second kappa shape index (κ2) is 14.0. The molecule has 0 saturated carbocycles. The maximum Gasteiger partial charge on any atom is 0.229 e. The molecule has 14 heteroatoms. The molecule has 0 bridgehead atoms. The van der Waals surface area contributed by atoms with E-state index >= 15 is 0 Å².